The van der Waals surface area contributed by atoms with E-state index in [0.29, 0.717) is 56.8 Å². The van der Waals surface area contributed by atoms with Crippen LogP contribution in [-0.2, 0) is 6.54 Å². The van der Waals surface area contributed by atoms with Crippen molar-refractivity contribution in [2.45, 2.75) is 13.5 Å². The number of methoxy groups -OCH3 is 2. The number of hydrogen-bond acceptors (Lipinski definition) is 8. The summed E-state index contributed by atoms with van der Waals surface area (Å²) in [7, 11) is 3.14. The van der Waals surface area contributed by atoms with Crippen LogP contribution in [0.25, 0.3) is 21.7 Å². The number of aromatic nitrogens is 3. The Labute approximate surface area is 265 Å². The second-order valence-corrected chi connectivity index (χ2v) is 10.4. The van der Waals surface area contributed by atoms with Crippen LogP contribution in [0.15, 0.2) is 73.2 Å². The van der Waals surface area contributed by atoms with Crippen molar-refractivity contribution in [2.24, 2.45) is 0 Å². The molecule has 3 N–H and O–H groups in total. The predicted octanol–water partition coefficient (Wildman–Crippen LogP) is 7.67. The number of halogens is 4. The average molecular weight is 643 g/mol. The van der Waals surface area contributed by atoms with Crippen molar-refractivity contribution in [3.8, 4) is 11.5 Å². The molecule has 4 aromatic carbocycles. The Morgan fingerprint density at radius 2 is 1.57 bits per heavy atom. The van der Waals surface area contributed by atoms with Gasteiger partial charge in [0.25, 0.3) is 5.91 Å². The maximum atomic E-state index is 14.4. The maximum absolute atomic E-state index is 14.4. The number of carbonyl (C=O) groups is 1. The van der Waals surface area contributed by atoms with Gasteiger partial charge in [0.05, 0.1) is 31.0 Å². The van der Waals surface area contributed by atoms with Crippen LogP contribution in [0.2, 0.25) is 0 Å². The molecule has 0 unspecified atom stereocenters. The largest absolute Gasteiger partial charge is 0.497 e. The first-order valence-corrected chi connectivity index (χ1v) is 14.2. The molecule has 47 heavy (non-hydrogen) atoms. The number of amides is 1. The highest BCUT2D eigenvalue weighted by Gasteiger charge is 2.22. The molecular formula is C34H26F4N6O3. The van der Waals surface area contributed by atoms with Gasteiger partial charge in [-0.15, -0.1) is 0 Å². The average Bonchev–Trinajstić information content (AvgIpc) is 3.09. The summed E-state index contributed by atoms with van der Waals surface area (Å²) in [6, 6.07) is 15.6. The van der Waals surface area contributed by atoms with Crippen LogP contribution in [0.5, 0.6) is 11.5 Å². The summed E-state index contributed by atoms with van der Waals surface area (Å²) in [5.74, 6) is -5.10. The van der Waals surface area contributed by atoms with Gasteiger partial charge in [0.2, 0.25) is 0 Å². The minimum Gasteiger partial charge on any atom is -0.497 e. The summed E-state index contributed by atoms with van der Waals surface area (Å²) in [6.45, 7) is 2.13. The molecule has 6 aromatic rings. The second-order valence-electron chi connectivity index (χ2n) is 10.4. The lowest BCUT2D eigenvalue weighted by molar-refractivity contribution is 0.102. The number of anilines is 4. The number of para-hydroxylation sites is 1. The van der Waals surface area contributed by atoms with E-state index < -0.39 is 34.9 Å². The molecule has 0 aliphatic rings. The third-order valence-electron chi connectivity index (χ3n) is 7.60. The molecule has 0 radical (unpaired) electrons. The molecule has 13 heteroatoms. The molecule has 9 nitrogen and oxygen atoms in total. The summed E-state index contributed by atoms with van der Waals surface area (Å²) < 4.78 is 67.3. The molecule has 0 saturated heterocycles. The van der Waals surface area contributed by atoms with Crippen molar-refractivity contribution >= 4 is 50.6 Å². The number of hydrogen-bond donors (Lipinski definition) is 3. The fourth-order valence-corrected chi connectivity index (χ4v) is 5.20. The lowest BCUT2D eigenvalue weighted by Crippen LogP contribution is -2.15. The van der Waals surface area contributed by atoms with Crippen LogP contribution in [-0.4, -0.2) is 35.1 Å². The number of nitrogens with one attached hydrogen (secondary N) is 3. The van der Waals surface area contributed by atoms with E-state index in [4.69, 9.17) is 9.47 Å². The SMILES string of the molecule is COc1ccc(CNc2ncnc3c(C(=O)Nc4c(C)ccc5c(Nc6c(F)c(F)cc(F)c6F)nccc45)cccc23)c(OC)c1. The van der Waals surface area contributed by atoms with Gasteiger partial charge in [-0.1, -0.05) is 18.2 Å². The summed E-state index contributed by atoms with van der Waals surface area (Å²) in [5.41, 5.74) is 1.54. The number of benzene rings is 4. The Bertz CT molecular complexity index is 2150. The molecule has 1 amide bonds. The van der Waals surface area contributed by atoms with Gasteiger partial charge in [-0.05, 0) is 42.8 Å². The van der Waals surface area contributed by atoms with Crippen molar-refractivity contribution in [2.75, 3.05) is 30.2 Å². The first-order valence-electron chi connectivity index (χ1n) is 14.2. The zero-order valence-electron chi connectivity index (χ0n) is 25.2. The number of nitrogens with zero attached hydrogens (tertiary/aromatic N) is 3. The molecule has 2 heterocycles. The second kappa shape index (κ2) is 12.8. The summed E-state index contributed by atoms with van der Waals surface area (Å²) in [5, 5.41) is 9.98. The van der Waals surface area contributed by atoms with Gasteiger partial charge in [-0.25, -0.2) is 32.5 Å². The molecule has 238 valence electrons. The van der Waals surface area contributed by atoms with Crippen LogP contribution in [0, 0.1) is 30.2 Å². The van der Waals surface area contributed by atoms with E-state index in [-0.39, 0.29) is 17.4 Å². The Balaban J connectivity index is 1.31. The zero-order chi connectivity index (χ0) is 33.2. The molecule has 2 aromatic heterocycles. The standard InChI is InChI=1S/C34H26F4N6O3/c1-17-7-10-21-20(11-12-39-33(21)43-31-27(37)24(35)14-25(36)28(31)38)29(17)44-34(45)23-6-4-5-22-30(23)41-16-42-32(22)40-15-18-8-9-19(46-2)13-26(18)47-3/h4-14,16H,15H2,1-3H3,(H,39,43)(H,44,45)(H,40,41,42). The van der Waals surface area contributed by atoms with Gasteiger partial charge in [0, 0.05) is 46.6 Å². The Morgan fingerprint density at radius 1 is 0.787 bits per heavy atom. The number of ether oxygens (including phenoxy) is 2. The third-order valence-corrected chi connectivity index (χ3v) is 7.60. The third kappa shape index (κ3) is 5.90. The van der Waals surface area contributed by atoms with E-state index in [1.807, 2.05) is 12.1 Å². The normalized spacial score (nSPS) is 11.0. The number of fused-ring (bicyclic) bond motifs is 2. The molecule has 6 rings (SSSR count). The Hall–Kier alpha value is -5.98. The molecule has 0 bridgehead atoms. The van der Waals surface area contributed by atoms with Gasteiger partial charge >= 0.3 is 0 Å². The molecular weight excluding hydrogens is 616 g/mol. The Kier molecular flexibility index (Phi) is 8.44. The minimum atomic E-state index is -1.60. The fourth-order valence-electron chi connectivity index (χ4n) is 5.20. The molecule has 0 fully saturated rings. The first-order chi connectivity index (χ1) is 22.7. The van der Waals surface area contributed by atoms with Crippen LogP contribution in [0.3, 0.4) is 0 Å². The number of rotatable bonds is 9. The quantitative estimate of drug-likeness (QED) is 0.109. The summed E-state index contributed by atoms with van der Waals surface area (Å²) >= 11 is 0. The monoisotopic (exact) mass is 642 g/mol. The van der Waals surface area contributed by atoms with Crippen molar-refractivity contribution in [1.29, 1.82) is 0 Å². The molecule has 0 aliphatic heterocycles. The smallest absolute Gasteiger partial charge is 0.257 e. The summed E-state index contributed by atoms with van der Waals surface area (Å²) in [6.07, 6.45) is 2.69. The van der Waals surface area contributed by atoms with Crippen LogP contribution < -0.4 is 25.4 Å². The lowest BCUT2D eigenvalue weighted by atomic mass is 10.0. The van der Waals surface area contributed by atoms with Gasteiger partial charge in [-0.3, -0.25) is 4.79 Å². The van der Waals surface area contributed by atoms with Crippen molar-refractivity contribution in [1.82, 2.24) is 15.0 Å². The van der Waals surface area contributed by atoms with Crippen LogP contribution >= 0.6 is 0 Å². The molecule has 0 aliphatic carbocycles. The molecule has 0 saturated carbocycles. The first kappa shape index (κ1) is 31.0. The van der Waals surface area contributed by atoms with E-state index in [1.165, 1.54) is 12.5 Å². The predicted molar refractivity (Wildman–Crippen MR) is 170 cm³/mol. The van der Waals surface area contributed by atoms with E-state index in [9.17, 15) is 22.4 Å². The van der Waals surface area contributed by atoms with E-state index in [0.717, 1.165) is 5.56 Å². The van der Waals surface area contributed by atoms with E-state index in [1.54, 1.807) is 63.6 Å². The lowest BCUT2D eigenvalue weighted by Gasteiger charge is -2.16. The highest BCUT2D eigenvalue weighted by molar-refractivity contribution is 6.16. The van der Waals surface area contributed by atoms with Crippen LogP contribution in [0.4, 0.5) is 40.6 Å². The maximum Gasteiger partial charge on any atom is 0.257 e. The minimum absolute atomic E-state index is 0.0806. The zero-order valence-corrected chi connectivity index (χ0v) is 25.2. The number of carbonyl (C=O) groups excluding carboxylic acids is 1. The topological polar surface area (TPSA) is 110 Å². The van der Waals surface area contributed by atoms with E-state index >= 15 is 0 Å². The van der Waals surface area contributed by atoms with Gasteiger partial charge in [0.1, 0.15) is 35.1 Å². The van der Waals surface area contributed by atoms with Crippen LogP contribution in [0.1, 0.15) is 21.5 Å². The van der Waals surface area contributed by atoms with Gasteiger partial charge in [-0.2, -0.15) is 0 Å². The number of pyridine rings is 1. The van der Waals surface area contributed by atoms with Gasteiger partial charge in [0.15, 0.2) is 23.3 Å². The Morgan fingerprint density at radius 3 is 2.32 bits per heavy atom. The molecule has 0 atom stereocenters. The highest BCUT2D eigenvalue weighted by atomic mass is 19.2. The fraction of sp³-hybridized carbons (Fsp3) is 0.118. The van der Waals surface area contributed by atoms with E-state index in [2.05, 4.69) is 30.9 Å². The number of aryl methyl sites for hydroxylation is 1. The van der Waals surface area contributed by atoms with Gasteiger partial charge < -0.3 is 25.4 Å². The highest BCUT2D eigenvalue weighted by Crippen LogP contribution is 2.35. The van der Waals surface area contributed by atoms with Crippen molar-refractivity contribution in [3.63, 3.8) is 0 Å². The summed E-state index contributed by atoms with van der Waals surface area (Å²) in [4.78, 5) is 26.7. The van der Waals surface area contributed by atoms with Crippen molar-refractivity contribution in [3.05, 3.63) is 113 Å². The molecule has 0 spiro atoms. The van der Waals surface area contributed by atoms with Crippen molar-refractivity contribution < 1.29 is 31.8 Å².